The summed E-state index contributed by atoms with van der Waals surface area (Å²) in [5.74, 6) is 0. The Bertz CT molecular complexity index is 366. The summed E-state index contributed by atoms with van der Waals surface area (Å²) in [5.41, 5.74) is 9.05. The summed E-state index contributed by atoms with van der Waals surface area (Å²) >= 11 is 5.95. The van der Waals surface area contributed by atoms with E-state index in [-0.39, 0.29) is 6.04 Å². The Balaban J connectivity index is 2.55. The quantitative estimate of drug-likeness (QED) is 0.814. The lowest BCUT2D eigenvalue weighted by atomic mass is 9.88. The van der Waals surface area contributed by atoms with Crippen LogP contribution in [0, 0.1) is 12.3 Å². The van der Waals surface area contributed by atoms with E-state index >= 15 is 0 Å². The van der Waals surface area contributed by atoms with Crippen molar-refractivity contribution in [3.63, 3.8) is 0 Å². The third kappa shape index (κ3) is 5.10. The largest absolute Gasteiger partial charge is 0.324 e. The molecule has 0 aliphatic heterocycles. The fraction of sp³-hybridized carbons (Fsp3) is 0.600. The average molecular weight is 254 g/mol. The molecule has 0 aliphatic rings. The summed E-state index contributed by atoms with van der Waals surface area (Å²) in [6, 6.07) is 6.10. The molecule has 0 aromatic heterocycles. The van der Waals surface area contributed by atoms with Crippen molar-refractivity contribution in [3.05, 3.63) is 34.3 Å². The SMILES string of the molecule is Cc1cc(Cl)ccc1C(N)CCCC(C)(C)C. The topological polar surface area (TPSA) is 26.0 Å². The maximum Gasteiger partial charge on any atom is 0.0408 e. The molecule has 0 saturated carbocycles. The summed E-state index contributed by atoms with van der Waals surface area (Å²) in [6.45, 7) is 8.88. The van der Waals surface area contributed by atoms with Crippen LogP contribution < -0.4 is 5.73 Å². The van der Waals surface area contributed by atoms with Crippen LogP contribution in [0.4, 0.5) is 0 Å². The van der Waals surface area contributed by atoms with Crippen molar-refractivity contribution in [1.82, 2.24) is 0 Å². The van der Waals surface area contributed by atoms with Gasteiger partial charge in [0.25, 0.3) is 0 Å². The number of aryl methyl sites for hydroxylation is 1. The minimum absolute atomic E-state index is 0.134. The van der Waals surface area contributed by atoms with E-state index in [4.69, 9.17) is 17.3 Å². The molecular weight excluding hydrogens is 230 g/mol. The van der Waals surface area contributed by atoms with Gasteiger partial charge in [-0.05, 0) is 48.4 Å². The van der Waals surface area contributed by atoms with Gasteiger partial charge >= 0.3 is 0 Å². The Morgan fingerprint density at radius 2 is 1.94 bits per heavy atom. The summed E-state index contributed by atoms with van der Waals surface area (Å²) in [5, 5.41) is 0.785. The van der Waals surface area contributed by atoms with E-state index in [2.05, 4.69) is 33.8 Å². The zero-order chi connectivity index (χ0) is 13.1. The van der Waals surface area contributed by atoms with Crippen molar-refractivity contribution in [3.8, 4) is 0 Å². The highest BCUT2D eigenvalue weighted by Crippen LogP contribution is 2.27. The Morgan fingerprint density at radius 1 is 1.29 bits per heavy atom. The van der Waals surface area contributed by atoms with Crippen LogP contribution in [0.15, 0.2) is 18.2 Å². The average Bonchev–Trinajstić information content (AvgIpc) is 2.15. The first kappa shape index (κ1) is 14.5. The number of halogens is 1. The van der Waals surface area contributed by atoms with Gasteiger partial charge < -0.3 is 5.73 Å². The maximum atomic E-state index is 6.23. The molecule has 1 aromatic carbocycles. The summed E-state index contributed by atoms with van der Waals surface area (Å²) in [4.78, 5) is 0. The number of nitrogens with two attached hydrogens (primary N) is 1. The molecule has 0 heterocycles. The van der Waals surface area contributed by atoms with Crippen molar-refractivity contribution in [2.75, 3.05) is 0 Å². The van der Waals surface area contributed by atoms with E-state index in [1.165, 1.54) is 24.0 Å². The van der Waals surface area contributed by atoms with Crippen LogP contribution in [0.5, 0.6) is 0 Å². The molecule has 1 aromatic rings. The standard InChI is InChI=1S/C15H24ClN/c1-11-10-12(16)7-8-13(11)14(17)6-5-9-15(2,3)4/h7-8,10,14H,5-6,9,17H2,1-4H3. The highest BCUT2D eigenvalue weighted by Gasteiger charge is 2.13. The fourth-order valence-electron chi connectivity index (χ4n) is 2.06. The van der Waals surface area contributed by atoms with Crippen LogP contribution in [-0.4, -0.2) is 0 Å². The molecule has 0 bridgehead atoms. The summed E-state index contributed by atoms with van der Waals surface area (Å²) in [6.07, 6.45) is 3.43. The van der Waals surface area contributed by atoms with Crippen LogP contribution in [0.3, 0.4) is 0 Å². The molecular formula is C15H24ClN. The van der Waals surface area contributed by atoms with E-state index in [0.717, 1.165) is 11.4 Å². The van der Waals surface area contributed by atoms with Crippen molar-refractivity contribution in [2.24, 2.45) is 11.1 Å². The van der Waals surface area contributed by atoms with Gasteiger partial charge in [-0.3, -0.25) is 0 Å². The van der Waals surface area contributed by atoms with Gasteiger partial charge in [0.2, 0.25) is 0 Å². The fourth-order valence-corrected chi connectivity index (χ4v) is 2.29. The predicted octanol–water partition coefficient (Wildman–Crippen LogP) is 4.86. The van der Waals surface area contributed by atoms with Gasteiger partial charge in [0, 0.05) is 11.1 Å². The van der Waals surface area contributed by atoms with Crippen LogP contribution in [0.25, 0.3) is 0 Å². The highest BCUT2D eigenvalue weighted by molar-refractivity contribution is 6.30. The zero-order valence-electron chi connectivity index (χ0n) is 11.4. The van der Waals surface area contributed by atoms with Gasteiger partial charge in [0.05, 0.1) is 0 Å². The smallest absolute Gasteiger partial charge is 0.0408 e. The Kier molecular flexibility index (Phi) is 5.03. The predicted molar refractivity (Wildman–Crippen MR) is 76.4 cm³/mol. The molecule has 17 heavy (non-hydrogen) atoms. The molecule has 1 unspecified atom stereocenters. The van der Waals surface area contributed by atoms with E-state index in [1.807, 2.05) is 12.1 Å². The van der Waals surface area contributed by atoms with Crippen molar-refractivity contribution in [2.45, 2.75) is 53.0 Å². The molecule has 0 radical (unpaired) electrons. The van der Waals surface area contributed by atoms with E-state index in [9.17, 15) is 0 Å². The van der Waals surface area contributed by atoms with Crippen molar-refractivity contribution >= 4 is 11.6 Å². The second-order valence-electron chi connectivity index (χ2n) is 6.06. The summed E-state index contributed by atoms with van der Waals surface area (Å²) in [7, 11) is 0. The molecule has 1 rings (SSSR count). The molecule has 0 saturated heterocycles. The van der Waals surface area contributed by atoms with Gasteiger partial charge in [-0.1, -0.05) is 44.9 Å². The van der Waals surface area contributed by atoms with Gasteiger partial charge in [-0.2, -0.15) is 0 Å². The van der Waals surface area contributed by atoms with E-state index in [1.54, 1.807) is 0 Å². The molecule has 2 N–H and O–H groups in total. The molecule has 1 atom stereocenters. The van der Waals surface area contributed by atoms with Crippen LogP contribution in [0.2, 0.25) is 5.02 Å². The lowest BCUT2D eigenvalue weighted by Crippen LogP contribution is -2.13. The van der Waals surface area contributed by atoms with Gasteiger partial charge in [-0.25, -0.2) is 0 Å². The third-order valence-electron chi connectivity index (χ3n) is 3.07. The minimum Gasteiger partial charge on any atom is -0.324 e. The molecule has 0 spiro atoms. The second-order valence-corrected chi connectivity index (χ2v) is 6.50. The highest BCUT2D eigenvalue weighted by atomic mass is 35.5. The minimum atomic E-state index is 0.134. The lowest BCUT2D eigenvalue weighted by Gasteiger charge is -2.20. The Morgan fingerprint density at radius 3 is 2.47 bits per heavy atom. The maximum absolute atomic E-state index is 6.23. The first-order valence-electron chi connectivity index (χ1n) is 6.31. The first-order valence-corrected chi connectivity index (χ1v) is 6.69. The first-order chi connectivity index (χ1) is 7.79. The second kappa shape index (κ2) is 5.88. The molecule has 1 nitrogen and oxygen atoms in total. The summed E-state index contributed by atoms with van der Waals surface area (Å²) < 4.78 is 0. The van der Waals surface area contributed by atoms with Crippen LogP contribution in [0.1, 0.15) is 57.2 Å². The van der Waals surface area contributed by atoms with Gasteiger partial charge in [-0.15, -0.1) is 0 Å². The van der Waals surface area contributed by atoms with Crippen LogP contribution in [-0.2, 0) is 0 Å². The van der Waals surface area contributed by atoms with Gasteiger partial charge in [0.1, 0.15) is 0 Å². The molecule has 0 fully saturated rings. The normalized spacial score (nSPS) is 13.8. The molecule has 0 aliphatic carbocycles. The molecule has 0 amide bonds. The van der Waals surface area contributed by atoms with Crippen molar-refractivity contribution in [1.29, 1.82) is 0 Å². The zero-order valence-corrected chi connectivity index (χ0v) is 12.1. The van der Waals surface area contributed by atoms with Crippen molar-refractivity contribution < 1.29 is 0 Å². The van der Waals surface area contributed by atoms with Crippen LogP contribution >= 0.6 is 11.6 Å². The Hall–Kier alpha value is -0.530. The Labute approximate surface area is 110 Å². The molecule has 96 valence electrons. The van der Waals surface area contributed by atoms with E-state index < -0.39 is 0 Å². The number of rotatable bonds is 4. The monoisotopic (exact) mass is 253 g/mol. The number of hydrogen-bond acceptors (Lipinski definition) is 1. The lowest BCUT2D eigenvalue weighted by molar-refractivity contribution is 0.353. The molecule has 2 heteroatoms. The number of benzene rings is 1. The van der Waals surface area contributed by atoms with E-state index in [0.29, 0.717) is 5.41 Å². The third-order valence-corrected chi connectivity index (χ3v) is 3.31. The van der Waals surface area contributed by atoms with Gasteiger partial charge in [0.15, 0.2) is 0 Å². The number of hydrogen-bond donors (Lipinski definition) is 1.